The van der Waals surface area contributed by atoms with Gasteiger partial charge >= 0.3 is 0 Å². The van der Waals surface area contributed by atoms with Gasteiger partial charge in [-0.05, 0) is 30.9 Å². The predicted octanol–water partition coefficient (Wildman–Crippen LogP) is 2.63. The van der Waals surface area contributed by atoms with Crippen LogP contribution < -0.4 is 10.0 Å². The van der Waals surface area contributed by atoms with Crippen molar-refractivity contribution in [1.29, 1.82) is 0 Å². The number of aryl methyl sites for hydroxylation is 1. The molecule has 1 saturated carbocycles. The van der Waals surface area contributed by atoms with Crippen LogP contribution in [0.5, 0.6) is 0 Å². The molecule has 1 aromatic rings. The summed E-state index contributed by atoms with van der Waals surface area (Å²) in [5.74, 6) is 0.744. The smallest absolute Gasteiger partial charge is 0.250 e. The molecule has 0 unspecified atom stereocenters. The Balaban J connectivity index is 1.97. The summed E-state index contributed by atoms with van der Waals surface area (Å²) >= 11 is 1.37. The largest absolute Gasteiger partial charge is 0.310 e. The van der Waals surface area contributed by atoms with Crippen LogP contribution in [0, 0.1) is 12.8 Å². The molecule has 1 aliphatic carbocycles. The molecule has 0 aromatic carbocycles. The van der Waals surface area contributed by atoms with Crippen molar-refractivity contribution in [2.24, 2.45) is 5.92 Å². The van der Waals surface area contributed by atoms with Gasteiger partial charge in [-0.2, -0.15) is 0 Å². The van der Waals surface area contributed by atoms with Crippen LogP contribution in [0.1, 0.15) is 43.6 Å². The first-order valence-electron chi connectivity index (χ1n) is 7.21. The molecule has 1 aliphatic rings. The summed E-state index contributed by atoms with van der Waals surface area (Å²) in [7, 11) is -3.33. The highest BCUT2D eigenvalue weighted by molar-refractivity contribution is 7.91. The second-order valence-corrected chi connectivity index (χ2v) is 8.97. The number of hydrogen-bond donors (Lipinski definition) is 2. The average Bonchev–Trinajstić information content (AvgIpc) is 3.08. The highest BCUT2D eigenvalue weighted by Gasteiger charge is 2.23. The standard InChI is InChI=1S/C14H24N2O2S2/c1-10(2)15-9-13-11(3)8-14(19-13)20(17,18)16-7-6-12-4-5-12/h8,10,12,15-16H,4-7,9H2,1-3H3. The van der Waals surface area contributed by atoms with E-state index >= 15 is 0 Å². The lowest BCUT2D eigenvalue weighted by molar-refractivity contribution is 0.577. The van der Waals surface area contributed by atoms with Gasteiger partial charge in [0.15, 0.2) is 0 Å². The van der Waals surface area contributed by atoms with Gasteiger partial charge in [0.05, 0.1) is 0 Å². The second kappa shape index (κ2) is 6.56. The van der Waals surface area contributed by atoms with Crippen molar-refractivity contribution in [2.75, 3.05) is 6.54 Å². The maximum atomic E-state index is 12.2. The van der Waals surface area contributed by atoms with Crippen molar-refractivity contribution in [3.05, 3.63) is 16.5 Å². The van der Waals surface area contributed by atoms with Gasteiger partial charge < -0.3 is 5.32 Å². The topological polar surface area (TPSA) is 58.2 Å². The fraction of sp³-hybridized carbons (Fsp3) is 0.714. The van der Waals surface area contributed by atoms with Crippen LogP contribution in [0.15, 0.2) is 10.3 Å². The SMILES string of the molecule is Cc1cc(S(=O)(=O)NCCC2CC2)sc1CNC(C)C. The average molecular weight is 316 g/mol. The fourth-order valence-electron chi connectivity index (χ4n) is 1.97. The number of nitrogens with one attached hydrogen (secondary N) is 2. The normalized spacial score (nSPS) is 16.0. The van der Waals surface area contributed by atoms with Gasteiger partial charge in [-0.15, -0.1) is 11.3 Å². The predicted molar refractivity (Wildman–Crippen MR) is 83.6 cm³/mol. The molecule has 0 spiro atoms. The lowest BCUT2D eigenvalue weighted by Gasteiger charge is -2.06. The first-order chi connectivity index (χ1) is 9.38. The molecule has 1 aromatic heterocycles. The van der Waals surface area contributed by atoms with Crippen molar-refractivity contribution in [1.82, 2.24) is 10.0 Å². The summed E-state index contributed by atoms with van der Waals surface area (Å²) in [5, 5.41) is 3.33. The number of sulfonamides is 1. The Morgan fingerprint density at radius 2 is 2.10 bits per heavy atom. The van der Waals surface area contributed by atoms with Crippen LogP contribution in [-0.2, 0) is 16.6 Å². The Morgan fingerprint density at radius 3 is 2.70 bits per heavy atom. The Labute approximate surface area is 126 Å². The van der Waals surface area contributed by atoms with Crippen LogP contribution >= 0.6 is 11.3 Å². The van der Waals surface area contributed by atoms with E-state index in [0.717, 1.165) is 29.3 Å². The molecule has 114 valence electrons. The van der Waals surface area contributed by atoms with E-state index in [1.807, 2.05) is 6.92 Å². The van der Waals surface area contributed by atoms with Gasteiger partial charge in [0.1, 0.15) is 4.21 Å². The van der Waals surface area contributed by atoms with Gasteiger partial charge in [0.2, 0.25) is 10.0 Å². The van der Waals surface area contributed by atoms with E-state index in [0.29, 0.717) is 16.8 Å². The summed E-state index contributed by atoms with van der Waals surface area (Å²) in [6.07, 6.45) is 3.47. The molecule has 1 heterocycles. The van der Waals surface area contributed by atoms with Crippen molar-refractivity contribution < 1.29 is 8.42 Å². The zero-order chi connectivity index (χ0) is 14.8. The number of thiophene rings is 1. The zero-order valence-electron chi connectivity index (χ0n) is 12.4. The first kappa shape index (κ1) is 15.9. The van der Waals surface area contributed by atoms with Gasteiger partial charge in [-0.3, -0.25) is 0 Å². The molecule has 0 atom stereocenters. The molecular formula is C14H24N2O2S2. The Morgan fingerprint density at radius 1 is 1.40 bits per heavy atom. The fourth-order valence-corrected chi connectivity index (χ4v) is 4.60. The van der Waals surface area contributed by atoms with Gasteiger partial charge in [0, 0.05) is 24.0 Å². The lowest BCUT2D eigenvalue weighted by atomic mass is 10.3. The summed E-state index contributed by atoms with van der Waals surface area (Å²) in [5.41, 5.74) is 1.05. The summed E-state index contributed by atoms with van der Waals surface area (Å²) in [6.45, 7) is 7.42. The lowest BCUT2D eigenvalue weighted by Crippen LogP contribution is -2.24. The van der Waals surface area contributed by atoms with E-state index in [4.69, 9.17) is 0 Å². The first-order valence-corrected chi connectivity index (χ1v) is 9.51. The third kappa shape index (κ3) is 4.55. The molecule has 0 aliphatic heterocycles. The van der Waals surface area contributed by atoms with Crippen molar-refractivity contribution in [3.63, 3.8) is 0 Å². The minimum atomic E-state index is -3.33. The minimum absolute atomic E-state index is 0.397. The van der Waals surface area contributed by atoms with E-state index in [9.17, 15) is 8.42 Å². The molecule has 0 radical (unpaired) electrons. The van der Waals surface area contributed by atoms with Crippen molar-refractivity contribution >= 4 is 21.4 Å². The molecule has 4 nitrogen and oxygen atoms in total. The van der Waals surface area contributed by atoms with E-state index in [-0.39, 0.29) is 0 Å². The third-order valence-corrected chi connectivity index (χ3v) is 6.65. The van der Waals surface area contributed by atoms with Crippen LogP contribution in [-0.4, -0.2) is 21.0 Å². The Hall–Kier alpha value is -0.430. The molecule has 20 heavy (non-hydrogen) atoms. The van der Waals surface area contributed by atoms with Crippen LogP contribution in [0.4, 0.5) is 0 Å². The van der Waals surface area contributed by atoms with Crippen LogP contribution in [0.2, 0.25) is 0 Å². The van der Waals surface area contributed by atoms with E-state index < -0.39 is 10.0 Å². The summed E-state index contributed by atoms with van der Waals surface area (Å²) < 4.78 is 27.6. The molecular weight excluding hydrogens is 292 g/mol. The molecule has 2 N–H and O–H groups in total. The maximum absolute atomic E-state index is 12.2. The van der Waals surface area contributed by atoms with Crippen molar-refractivity contribution in [2.45, 2.75) is 56.8 Å². The third-order valence-electron chi connectivity index (χ3n) is 3.48. The maximum Gasteiger partial charge on any atom is 0.250 e. The Bertz CT molecular complexity index is 546. The molecule has 0 amide bonds. The highest BCUT2D eigenvalue weighted by Crippen LogP contribution is 2.32. The van der Waals surface area contributed by atoms with Gasteiger partial charge in [-0.25, -0.2) is 13.1 Å². The molecule has 0 saturated heterocycles. The number of hydrogen-bond acceptors (Lipinski definition) is 4. The van der Waals surface area contributed by atoms with E-state index in [1.165, 1.54) is 24.2 Å². The van der Waals surface area contributed by atoms with E-state index in [1.54, 1.807) is 6.07 Å². The van der Waals surface area contributed by atoms with Gasteiger partial charge in [-0.1, -0.05) is 26.7 Å². The zero-order valence-corrected chi connectivity index (χ0v) is 14.0. The van der Waals surface area contributed by atoms with E-state index in [2.05, 4.69) is 23.9 Å². The van der Waals surface area contributed by atoms with Crippen LogP contribution in [0.3, 0.4) is 0 Å². The highest BCUT2D eigenvalue weighted by atomic mass is 32.2. The molecule has 2 rings (SSSR count). The molecule has 0 bridgehead atoms. The second-order valence-electron chi connectivity index (χ2n) is 5.84. The van der Waals surface area contributed by atoms with Crippen LogP contribution in [0.25, 0.3) is 0 Å². The quantitative estimate of drug-likeness (QED) is 0.775. The Kier molecular flexibility index (Phi) is 5.23. The van der Waals surface area contributed by atoms with Crippen molar-refractivity contribution in [3.8, 4) is 0 Å². The summed E-state index contributed by atoms with van der Waals surface area (Å²) in [6, 6.07) is 2.18. The monoisotopic (exact) mass is 316 g/mol. The minimum Gasteiger partial charge on any atom is -0.310 e. The van der Waals surface area contributed by atoms with Gasteiger partial charge in [0.25, 0.3) is 0 Å². The molecule has 6 heteroatoms. The molecule has 1 fully saturated rings. The number of rotatable bonds is 8. The summed E-state index contributed by atoms with van der Waals surface area (Å²) in [4.78, 5) is 1.10.